The molecule has 15 aromatic rings. The van der Waals surface area contributed by atoms with Crippen LogP contribution in [0.4, 0.5) is 0 Å². The Morgan fingerprint density at radius 3 is 1.34 bits per heavy atom. The molecule has 6 heterocycles. The molecule has 0 bridgehead atoms. The highest BCUT2D eigenvalue weighted by atomic mass is 32.1. The molecule has 0 aliphatic heterocycles. The van der Waals surface area contributed by atoms with Gasteiger partial charge in [0.25, 0.3) is 0 Å². The van der Waals surface area contributed by atoms with E-state index in [4.69, 9.17) is 19.9 Å². The van der Waals surface area contributed by atoms with Gasteiger partial charge in [-0.1, -0.05) is 164 Å². The third-order valence-electron chi connectivity index (χ3n) is 14.2. The average molecular weight is 931 g/mol. The summed E-state index contributed by atoms with van der Waals surface area (Å²) in [6, 6.07) is 83.0. The smallest absolute Gasteiger partial charge is 0.221 e. The molecule has 0 N–H and O–H groups in total. The molecule has 9 aromatic carbocycles. The second-order valence-corrected chi connectivity index (χ2v) is 22.8. The molecule has 0 saturated heterocycles. The number of para-hydroxylation sites is 8. The predicted octanol–water partition coefficient (Wildman–Crippen LogP) is 11.4. The minimum absolute atomic E-state index is 0.594. The normalized spacial score (nSPS) is 12.3. The SMILES string of the molecule is c1ccc([Si](c2ccccc2)(c2ccc(-c3nc(-n4c5ccccc5n5c6ccccc6nc45)cc(-n4c5ccccc5n5c6ccccc6nc45)n3)cc2)c2ccc3sc4ccccc4c3c2)cc1. The van der Waals surface area contributed by atoms with Crippen LogP contribution in [0.5, 0.6) is 0 Å². The lowest BCUT2D eigenvalue weighted by Gasteiger charge is -2.34. The van der Waals surface area contributed by atoms with Crippen molar-refractivity contribution in [2.45, 2.75) is 0 Å². The third-order valence-corrected chi connectivity index (χ3v) is 20.1. The summed E-state index contributed by atoms with van der Waals surface area (Å²) in [6.07, 6.45) is 0. The van der Waals surface area contributed by atoms with Crippen LogP contribution in [0.15, 0.2) is 231 Å². The van der Waals surface area contributed by atoms with Crippen molar-refractivity contribution in [3.63, 3.8) is 0 Å². The second-order valence-electron chi connectivity index (χ2n) is 17.9. The second kappa shape index (κ2) is 15.0. The van der Waals surface area contributed by atoms with Crippen LogP contribution in [0.3, 0.4) is 0 Å². The largest absolute Gasteiger partial charge is 0.276 e. The van der Waals surface area contributed by atoms with E-state index in [0.717, 1.165) is 61.3 Å². The van der Waals surface area contributed by atoms with Crippen molar-refractivity contribution < 1.29 is 0 Å². The number of fused-ring (bicyclic) bond motifs is 13. The van der Waals surface area contributed by atoms with Gasteiger partial charge in [-0.25, -0.2) is 19.9 Å². The number of aromatic nitrogens is 8. The Labute approximate surface area is 405 Å². The Balaban J connectivity index is 0.994. The van der Waals surface area contributed by atoms with Crippen LogP contribution in [0.1, 0.15) is 0 Å². The molecule has 0 fully saturated rings. The highest BCUT2D eigenvalue weighted by Crippen LogP contribution is 2.35. The molecule has 0 unspecified atom stereocenters. The Hall–Kier alpha value is -8.96. The van der Waals surface area contributed by atoms with E-state index < -0.39 is 8.07 Å². The molecule has 6 aromatic heterocycles. The van der Waals surface area contributed by atoms with Crippen LogP contribution in [0.25, 0.3) is 98.9 Å². The van der Waals surface area contributed by atoms with Gasteiger partial charge < -0.3 is 0 Å². The van der Waals surface area contributed by atoms with Gasteiger partial charge in [0.2, 0.25) is 11.6 Å². The number of benzene rings is 9. The summed E-state index contributed by atoms with van der Waals surface area (Å²) in [6.45, 7) is 0. The lowest BCUT2D eigenvalue weighted by Crippen LogP contribution is -2.74. The van der Waals surface area contributed by atoms with Crippen LogP contribution in [0, 0.1) is 0 Å². The van der Waals surface area contributed by atoms with Gasteiger partial charge in [-0.2, -0.15) is 0 Å². The summed E-state index contributed by atoms with van der Waals surface area (Å²) in [5, 5.41) is 7.84. The van der Waals surface area contributed by atoms with Gasteiger partial charge in [-0.15, -0.1) is 11.3 Å². The fourth-order valence-corrected chi connectivity index (χ4v) is 17.0. The van der Waals surface area contributed by atoms with E-state index in [9.17, 15) is 0 Å². The van der Waals surface area contributed by atoms with Crippen molar-refractivity contribution in [1.29, 1.82) is 0 Å². The van der Waals surface area contributed by atoms with Crippen LogP contribution < -0.4 is 20.7 Å². The fourth-order valence-electron chi connectivity index (χ4n) is 11.1. The molecule has 8 nitrogen and oxygen atoms in total. The Morgan fingerprint density at radius 2 is 0.771 bits per heavy atom. The zero-order valence-corrected chi connectivity index (χ0v) is 39.2. The van der Waals surface area contributed by atoms with Gasteiger partial charge in [0.15, 0.2) is 13.9 Å². The number of hydrogen-bond acceptors (Lipinski definition) is 5. The molecule has 0 amide bonds. The molecule has 0 aliphatic rings. The maximum absolute atomic E-state index is 5.52. The number of thiophene rings is 1. The summed E-state index contributed by atoms with van der Waals surface area (Å²) in [5.41, 5.74) is 8.88. The van der Waals surface area contributed by atoms with Gasteiger partial charge in [0, 0.05) is 31.8 Å². The summed E-state index contributed by atoms with van der Waals surface area (Å²) in [4.78, 5) is 21.6. The minimum atomic E-state index is -2.93. The van der Waals surface area contributed by atoms with Crippen molar-refractivity contribution in [2.24, 2.45) is 0 Å². The Kier molecular flexibility index (Phi) is 8.38. The summed E-state index contributed by atoms with van der Waals surface area (Å²) in [7, 11) is -2.93. The van der Waals surface area contributed by atoms with Crippen molar-refractivity contribution >= 4 is 116 Å². The molecule has 15 rings (SSSR count). The van der Waals surface area contributed by atoms with Crippen molar-refractivity contribution in [3.05, 3.63) is 231 Å². The maximum Gasteiger partial charge on any atom is 0.221 e. The van der Waals surface area contributed by atoms with Crippen molar-refractivity contribution in [3.8, 4) is 23.0 Å². The average Bonchev–Trinajstić information content (AvgIpc) is 4.23. The number of hydrogen-bond donors (Lipinski definition) is 0. The predicted molar refractivity (Wildman–Crippen MR) is 290 cm³/mol. The molecule has 0 aliphatic carbocycles. The van der Waals surface area contributed by atoms with E-state index >= 15 is 0 Å². The Morgan fingerprint density at radius 1 is 0.329 bits per heavy atom. The molecule has 10 heteroatoms. The number of nitrogens with zero attached hydrogens (tertiary/aromatic N) is 8. The molecule has 328 valence electrons. The summed E-state index contributed by atoms with van der Waals surface area (Å²) in [5.74, 6) is 3.55. The van der Waals surface area contributed by atoms with Crippen LogP contribution in [-0.4, -0.2) is 45.9 Å². The standard InChI is InChI=1S/C60H38N8SSi/c1-3-17-40(18-4-1)70(41-19-5-2-6-20-41,43-35-36-55-45(37-43)44-21-7-16-30-54(44)69-55)42-33-31-39(32-34-42)58-63-56(67-52-28-14-12-26-50(52)65-48-24-10-8-22-46(48)61-59(65)67)38-57(64-58)68-53-29-15-13-27-51(53)66-49-25-11-9-23-47(49)62-60(66)68/h1-38H. The molecular weight excluding hydrogens is 893 g/mol. The van der Waals surface area contributed by atoms with Crippen LogP contribution in [-0.2, 0) is 0 Å². The highest BCUT2D eigenvalue weighted by Gasteiger charge is 2.41. The van der Waals surface area contributed by atoms with Crippen molar-refractivity contribution in [2.75, 3.05) is 0 Å². The first-order valence-electron chi connectivity index (χ1n) is 23.5. The molecular formula is C60H38N8SSi. The molecule has 0 atom stereocenters. The molecule has 0 spiro atoms. The lowest BCUT2D eigenvalue weighted by atomic mass is 10.1. The summed E-state index contributed by atoms with van der Waals surface area (Å²) < 4.78 is 11.4. The van der Waals surface area contributed by atoms with E-state index in [2.05, 4.69) is 236 Å². The first-order chi connectivity index (χ1) is 34.7. The van der Waals surface area contributed by atoms with Crippen LogP contribution >= 0.6 is 11.3 Å². The lowest BCUT2D eigenvalue weighted by molar-refractivity contribution is 0.970. The van der Waals surface area contributed by atoms with E-state index in [-0.39, 0.29) is 0 Å². The quantitative estimate of drug-likeness (QED) is 0.118. The van der Waals surface area contributed by atoms with E-state index in [1.54, 1.807) is 0 Å². The zero-order chi connectivity index (χ0) is 45.9. The third kappa shape index (κ3) is 5.56. The van der Waals surface area contributed by atoms with Gasteiger partial charge in [-0.3, -0.25) is 17.9 Å². The zero-order valence-electron chi connectivity index (χ0n) is 37.4. The monoisotopic (exact) mass is 930 g/mol. The van der Waals surface area contributed by atoms with Gasteiger partial charge >= 0.3 is 0 Å². The van der Waals surface area contributed by atoms with Gasteiger partial charge in [0.1, 0.15) is 11.6 Å². The van der Waals surface area contributed by atoms with Gasteiger partial charge in [0.05, 0.1) is 44.1 Å². The topological polar surface area (TPSA) is 70.2 Å². The highest BCUT2D eigenvalue weighted by molar-refractivity contribution is 7.26. The summed E-state index contributed by atoms with van der Waals surface area (Å²) >= 11 is 1.86. The van der Waals surface area contributed by atoms with Gasteiger partial charge in [-0.05, 0) is 81.4 Å². The number of rotatable bonds is 7. The molecule has 0 radical (unpaired) electrons. The van der Waals surface area contributed by atoms with Crippen molar-refractivity contribution in [1.82, 2.24) is 37.9 Å². The van der Waals surface area contributed by atoms with E-state index in [0.29, 0.717) is 17.5 Å². The maximum atomic E-state index is 5.52. The first kappa shape index (κ1) is 39.1. The molecule has 0 saturated carbocycles. The minimum Gasteiger partial charge on any atom is -0.276 e. The Bertz CT molecular complexity index is 4340. The first-order valence-corrected chi connectivity index (χ1v) is 26.3. The van der Waals surface area contributed by atoms with Crippen LogP contribution in [0.2, 0.25) is 0 Å². The van der Waals surface area contributed by atoms with E-state index in [1.165, 1.54) is 40.9 Å². The van der Waals surface area contributed by atoms with E-state index in [1.807, 2.05) is 23.5 Å². The number of imidazole rings is 4. The molecule has 70 heavy (non-hydrogen) atoms. The fraction of sp³-hybridized carbons (Fsp3) is 0.